The van der Waals surface area contributed by atoms with Crippen LogP contribution in [0.1, 0.15) is 48.9 Å². The van der Waals surface area contributed by atoms with E-state index in [0.29, 0.717) is 0 Å². The minimum absolute atomic E-state index is 0.195. The molecule has 8 rings (SSSR count). The molecule has 0 spiro atoms. The van der Waals surface area contributed by atoms with Gasteiger partial charge in [0.1, 0.15) is 0 Å². The van der Waals surface area contributed by atoms with Gasteiger partial charge in [-0.25, -0.2) is 9.97 Å². The number of aryl methyl sites for hydroxylation is 2. The Balaban J connectivity index is 1.28. The van der Waals surface area contributed by atoms with E-state index in [1.54, 1.807) is 0 Å². The van der Waals surface area contributed by atoms with Crippen molar-refractivity contribution in [2.75, 3.05) is 0 Å². The zero-order chi connectivity index (χ0) is 35.0. The van der Waals surface area contributed by atoms with Crippen molar-refractivity contribution in [2.24, 2.45) is 0 Å². The van der Waals surface area contributed by atoms with Crippen molar-refractivity contribution in [1.29, 1.82) is 0 Å². The molecule has 0 N–H and O–H groups in total. The van der Waals surface area contributed by atoms with Gasteiger partial charge in [0.2, 0.25) is 0 Å². The standard InChI is InChI=1S/C49H42N2/c1-5-49(6-2,41-31-33(3)30-34(4)32-41)48-42(35-18-22-39(23-19-35)46-28-26-37-12-7-9-16-44(37)50-46)14-11-15-43(48)36-20-24-40(25-21-36)47-29-27-38-13-8-10-17-45(38)51-47/h7-32H,5-6H2,1-4H3. The lowest BCUT2D eigenvalue weighted by molar-refractivity contribution is 0.480. The third kappa shape index (κ3) is 6.02. The number of hydrogen-bond acceptors (Lipinski definition) is 2. The van der Waals surface area contributed by atoms with Crippen molar-refractivity contribution in [2.45, 2.75) is 46.0 Å². The van der Waals surface area contributed by atoms with Crippen LogP contribution in [-0.4, -0.2) is 9.97 Å². The van der Waals surface area contributed by atoms with Crippen LogP contribution in [0.25, 0.3) is 66.6 Å². The lowest BCUT2D eigenvalue weighted by Crippen LogP contribution is -2.28. The van der Waals surface area contributed by atoms with Crippen molar-refractivity contribution in [1.82, 2.24) is 9.97 Å². The summed E-state index contributed by atoms with van der Waals surface area (Å²) in [6.45, 7) is 9.15. The fourth-order valence-electron chi connectivity index (χ4n) is 8.05. The summed E-state index contributed by atoms with van der Waals surface area (Å²) in [6, 6.07) is 57.2. The summed E-state index contributed by atoms with van der Waals surface area (Å²) >= 11 is 0. The first kappa shape index (κ1) is 32.4. The molecular weight excluding hydrogens is 617 g/mol. The number of aromatic nitrogens is 2. The number of para-hydroxylation sites is 2. The molecule has 2 nitrogen and oxygen atoms in total. The third-order valence-corrected chi connectivity index (χ3v) is 10.7. The van der Waals surface area contributed by atoms with Crippen LogP contribution < -0.4 is 0 Å². The number of hydrogen-bond donors (Lipinski definition) is 0. The number of benzene rings is 6. The van der Waals surface area contributed by atoms with E-state index in [4.69, 9.17) is 9.97 Å². The Morgan fingerprint density at radius 1 is 0.431 bits per heavy atom. The average Bonchev–Trinajstić information content (AvgIpc) is 3.18. The number of rotatable bonds is 8. The molecule has 0 aliphatic heterocycles. The van der Waals surface area contributed by atoms with Gasteiger partial charge in [-0.15, -0.1) is 0 Å². The van der Waals surface area contributed by atoms with E-state index < -0.39 is 0 Å². The third-order valence-electron chi connectivity index (χ3n) is 10.7. The first-order chi connectivity index (χ1) is 25.0. The second kappa shape index (κ2) is 13.5. The quantitative estimate of drug-likeness (QED) is 0.162. The zero-order valence-corrected chi connectivity index (χ0v) is 29.8. The average molecular weight is 659 g/mol. The second-order valence-electron chi connectivity index (χ2n) is 13.8. The lowest BCUT2D eigenvalue weighted by Gasteiger charge is -2.37. The van der Waals surface area contributed by atoms with Crippen molar-refractivity contribution in [3.8, 4) is 44.8 Å². The minimum atomic E-state index is -0.195. The monoisotopic (exact) mass is 658 g/mol. The van der Waals surface area contributed by atoms with Gasteiger partial charge in [0.15, 0.2) is 0 Å². The highest BCUT2D eigenvalue weighted by Crippen LogP contribution is 2.48. The molecule has 248 valence electrons. The fraction of sp³-hybridized carbons (Fsp3) is 0.143. The number of nitrogens with zero attached hydrogens (tertiary/aromatic N) is 2. The minimum Gasteiger partial charge on any atom is -0.248 e. The molecule has 0 radical (unpaired) electrons. The zero-order valence-electron chi connectivity index (χ0n) is 29.8. The van der Waals surface area contributed by atoms with Crippen LogP contribution in [0.5, 0.6) is 0 Å². The molecule has 0 aliphatic rings. The van der Waals surface area contributed by atoms with E-state index in [-0.39, 0.29) is 5.41 Å². The predicted molar refractivity (Wildman–Crippen MR) is 216 cm³/mol. The van der Waals surface area contributed by atoms with E-state index in [1.165, 1.54) is 44.5 Å². The summed E-state index contributed by atoms with van der Waals surface area (Å²) < 4.78 is 0. The van der Waals surface area contributed by atoms with Crippen molar-refractivity contribution < 1.29 is 0 Å². The second-order valence-corrected chi connectivity index (χ2v) is 13.8. The molecule has 0 fully saturated rings. The molecule has 8 aromatic rings. The number of pyridine rings is 2. The van der Waals surface area contributed by atoms with Gasteiger partial charge < -0.3 is 0 Å². The topological polar surface area (TPSA) is 25.8 Å². The molecule has 0 aliphatic carbocycles. The summed E-state index contributed by atoms with van der Waals surface area (Å²) in [4.78, 5) is 9.96. The Hall–Kier alpha value is -5.86. The Bertz CT molecular complexity index is 2340. The molecule has 6 aromatic carbocycles. The SMILES string of the molecule is CCC(CC)(c1cc(C)cc(C)c1)c1c(-c2ccc(-c3ccc4ccccc4n3)cc2)cccc1-c1ccc(-c2ccc3ccccc3n2)cc1. The van der Waals surface area contributed by atoms with Crippen LogP contribution >= 0.6 is 0 Å². The van der Waals surface area contributed by atoms with Crippen LogP contribution in [0.15, 0.2) is 158 Å². The van der Waals surface area contributed by atoms with Gasteiger partial charge in [-0.05, 0) is 84.3 Å². The van der Waals surface area contributed by atoms with Crippen molar-refractivity contribution >= 4 is 21.8 Å². The van der Waals surface area contributed by atoms with E-state index in [9.17, 15) is 0 Å². The van der Waals surface area contributed by atoms with Crippen LogP contribution in [0.4, 0.5) is 0 Å². The fourth-order valence-corrected chi connectivity index (χ4v) is 8.05. The molecule has 0 saturated carbocycles. The summed E-state index contributed by atoms with van der Waals surface area (Å²) in [7, 11) is 0. The molecule has 0 bridgehead atoms. The van der Waals surface area contributed by atoms with E-state index in [0.717, 1.165) is 57.2 Å². The highest BCUT2D eigenvalue weighted by Gasteiger charge is 2.36. The normalized spacial score (nSPS) is 11.7. The first-order valence-corrected chi connectivity index (χ1v) is 18.1. The van der Waals surface area contributed by atoms with Crippen LogP contribution in [0.2, 0.25) is 0 Å². The maximum Gasteiger partial charge on any atom is 0.0709 e. The molecule has 51 heavy (non-hydrogen) atoms. The van der Waals surface area contributed by atoms with E-state index in [2.05, 4.69) is 173 Å². The van der Waals surface area contributed by atoms with Crippen molar-refractivity contribution in [3.63, 3.8) is 0 Å². The first-order valence-electron chi connectivity index (χ1n) is 18.1. The molecule has 0 amide bonds. The van der Waals surface area contributed by atoms with Crippen molar-refractivity contribution in [3.05, 3.63) is 180 Å². The van der Waals surface area contributed by atoms with Gasteiger partial charge >= 0.3 is 0 Å². The van der Waals surface area contributed by atoms with Crippen LogP contribution in [0, 0.1) is 13.8 Å². The highest BCUT2D eigenvalue weighted by molar-refractivity contribution is 5.85. The summed E-state index contributed by atoms with van der Waals surface area (Å²) in [5.41, 5.74) is 16.4. The Kier molecular flexibility index (Phi) is 8.53. The lowest BCUT2D eigenvalue weighted by atomic mass is 9.65. The van der Waals surface area contributed by atoms with Gasteiger partial charge in [0.05, 0.1) is 22.4 Å². The van der Waals surface area contributed by atoms with Crippen LogP contribution in [0.3, 0.4) is 0 Å². The maximum absolute atomic E-state index is 4.98. The van der Waals surface area contributed by atoms with Crippen LogP contribution in [-0.2, 0) is 5.41 Å². The summed E-state index contributed by atoms with van der Waals surface area (Å²) in [5.74, 6) is 0. The Morgan fingerprint density at radius 3 is 1.31 bits per heavy atom. The van der Waals surface area contributed by atoms with Gasteiger partial charge in [0.25, 0.3) is 0 Å². The predicted octanol–water partition coefficient (Wildman–Crippen LogP) is 13.2. The Morgan fingerprint density at radius 2 is 0.863 bits per heavy atom. The highest BCUT2D eigenvalue weighted by atomic mass is 14.7. The molecule has 2 heterocycles. The molecule has 0 atom stereocenters. The maximum atomic E-state index is 4.98. The Labute approximate surface area is 301 Å². The largest absolute Gasteiger partial charge is 0.248 e. The van der Waals surface area contributed by atoms with E-state index in [1.807, 2.05) is 12.1 Å². The molecular formula is C49H42N2. The number of fused-ring (bicyclic) bond motifs is 2. The van der Waals surface area contributed by atoms with E-state index >= 15 is 0 Å². The van der Waals surface area contributed by atoms with Gasteiger partial charge in [-0.2, -0.15) is 0 Å². The molecule has 0 saturated heterocycles. The summed E-state index contributed by atoms with van der Waals surface area (Å²) in [5, 5.41) is 2.31. The molecule has 2 heteroatoms. The van der Waals surface area contributed by atoms with Gasteiger partial charge in [-0.1, -0.05) is 158 Å². The van der Waals surface area contributed by atoms with Gasteiger partial charge in [-0.3, -0.25) is 0 Å². The summed E-state index contributed by atoms with van der Waals surface area (Å²) in [6.07, 6.45) is 1.96. The smallest absolute Gasteiger partial charge is 0.0709 e. The molecule has 0 unspecified atom stereocenters. The van der Waals surface area contributed by atoms with Gasteiger partial charge in [0, 0.05) is 27.3 Å². The molecule has 2 aromatic heterocycles.